The van der Waals surface area contributed by atoms with Crippen molar-refractivity contribution >= 4 is 22.4 Å². The first-order chi connectivity index (χ1) is 15.5. The molecule has 0 saturated heterocycles. The Balaban J connectivity index is 1.53. The van der Waals surface area contributed by atoms with E-state index in [0.717, 1.165) is 16.9 Å². The molecule has 0 radical (unpaired) electrons. The fourth-order valence-corrected chi connectivity index (χ4v) is 3.82. The van der Waals surface area contributed by atoms with E-state index in [1.54, 1.807) is 35.8 Å². The highest BCUT2D eigenvalue weighted by Gasteiger charge is 2.17. The SMILES string of the molecule is O=C(Nc1nc(-c2ccccc2OC(F)F)cs1)c1cccn(Cc2ccccc2)c1=O. The lowest BCUT2D eigenvalue weighted by molar-refractivity contribution is -0.0494. The van der Waals surface area contributed by atoms with Crippen molar-refractivity contribution in [2.45, 2.75) is 13.2 Å². The van der Waals surface area contributed by atoms with E-state index in [1.165, 1.54) is 16.7 Å². The molecule has 9 heteroatoms. The molecule has 32 heavy (non-hydrogen) atoms. The number of amides is 1. The summed E-state index contributed by atoms with van der Waals surface area (Å²) in [6, 6.07) is 18.8. The van der Waals surface area contributed by atoms with E-state index in [4.69, 9.17) is 0 Å². The van der Waals surface area contributed by atoms with Crippen LogP contribution in [0.4, 0.5) is 13.9 Å². The highest BCUT2D eigenvalue weighted by molar-refractivity contribution is 7.14. The number of aromatic nitrogens is 2. The van der Waals surface area contributed by atoms with Crippen LogP contribution in [-0.4, -0.2) is 22.1 Å². The van der Waals surface area contributed by atoms with Crippen molar-refractivity contribution in [3.05, 3.63) is 99.8 Å². The van der Waals surface area contributed by atoms with Crippen LogP contribution in [0.25, 0.3) is 11.3 Å². The molecule has 2 heterocycles. The number of nitrogens with one attached hydrogen (secondary N) is 1. The fraction of sp³-hybridized carbons (Fsp3) is 0.0870. The highest BCUT2D eigenvalue weighted by Crippen LogP contribution is 2.33. The summed E-state index contributed by atoms with van der Waals surface area (Å²) >= 11 is 1.11. The van der Waals surface area contributed by atoms with E-state index < -0.39 is 18.1 Å². The number of thiazole rings is 1. The minimum absolute atomic E-state index is 0.0162. The minimum Gasteiger partial charge on any atom is -0.434 e. The molecule has 0 unspecified atom stereocenters. The van der Waals surface area contributed by atoms with Crippen molar-refractivity contribution in [2.75, 3.05) is 5.32 Å². The standard InChI is InChI=1S/C23H17F2N3O3S/c24-22(25)31-19-11-5-4-9-16(19)18-14-32-23(26-18)27-20(29)17-10-6-12-28(21(17)30)13-15-7-2-1-3-8-15/h1-12,14,22H,13H2,(H,26,27,29). The Morgan fingerprint density at radius 2 is 1.81 bits per heavy atom. The minimum atomic E-state index is -2.97. The number of alkyl halides is 2. The number of para-hydroxylation sites is 1. The first kappa shape index (κ1) is 21.4. The van der Waals surface area contributed by atoms with Gasteiger partial charge < -0.3 is 9.30 Å². The van der Waals surface area contributed by atoms with E-state index in [2.05, 4.69) is 15.0 Å². The summed E-state index contributed by atoms with van der Waals surface area (Å²) in [5.41, 5.74) is 1.22. The smallest absolute Gasteiger partial charge is 0.387 e. The molecule has 1 N–H and O–H groups in total. The van der Waals surface area contributed by atoms with Gasteiger partial charge in [-0.1, -0.05) is 42.5 Å². The molecule has 0 aliphatic heterocycles. The van der Waals surface area contributed by atoms with Crippen LogP contribution in [0.1, 0.15) is 15.9 Å². The summed E-state index contributed by atoms with van der Waals surface area (Å²) in [6.07, 6.45) is 1.62. The van der Waals surface area contributed by atoms with Crippen molar-refractivity contribution in [3.63, 3.8) is 0 Å². The molecule has 0 fully saturated rings. The Kier molecular flexibility index (Phi) is 6.37. The zero-order chi connectivity index (χ0) is 22.5. The number of benzene rings is 2. The third-order valence-electron chi connectivity index (χ3n) is 4.56. The molecule has 4 rings (SSSR count). The summed E-state index contributed by atoms with van der Waals surface area (Å²) in [5, 5.41) is 4.45. The Morgan fingerprint density at radius 1 is 1.06 bits per heavy atom. The van der Waals surface area contributed by atoms with Crippen molar-refractivity contribution in [2.24, 2.45) is 0 Å². The van der Waals surface area contributed by atoms with Crippen LogP contribution in [-0.2, 0) is 6.54 Å². The van der Waals surface area contributed by atoms with E-state index >= 15 is 0 Å². The van der Waals surface area contributed by atoms with Crippen molar-refractivity contribution in [1.82, 2.24) is 9.55 Å². The van der Waals surface area contributed by atoms with Crippen LogP contribution in [0.15, 0.2) is 83.1 Å². The number of hydrogen-bond acceptors (Lipinski definition) is 5. The maximum absolute atomic E-state index is 12.8. The van der Waals surface area contributed by atoms with Gasteiger partial charge in [0.2, 0.25) is 0 Å². The number of anilines is 1. The average molecular weight is 453 g/mol. The second kappa shape index (κ2) is 9.52. The topological polar surface area (TPSA) is 73.2 Å². The Morgan fingerprint density at radius 3 is 2.59 bits per heavy atom. The van der Waals surface area contributed by atoms with Gasteiger partial charge in [0, 0.05) is 17.1 Å². The average Bonchev–Trinajstić information content (AvgIpc) is 3.24. The van der Waals surface area contributed by atoms with E-state index in [-0.39, 0.29) is 16.4 Å². The Hall–Kier alpha value is -3.85. The van der Waals surface area contributed by atoms with E-state index in [0.29, 0.717) is 17.8 Å². The van der Waals surface area contributed by atoms with Crippen molar-refractivity contribution in [1.29, 1.82) is 0 Å². The molecular formula is C23H17F2N3O3S. The van der Waals surface area contributed by atoms with Crippen molar-refractivity contribution < 1.29 is 18.3 Å². The number of ether oxygens (including phenoxy) is 1. The van der Waals surface area contributed by atoms with Gasteiger partial charge in [-0.05, 0) is 29.8 Å². The molecule has 162 valence electrons. The first-order valence-corrected chi connectivity index (χ1v) is 10.4. The van der Waals surface area contributed by atoms with Gasteiger partial charge in [-0.2, -0.15) is 8.78 Å². The largest absolute Gasteiger partial charge is 0.434 e. The molecule has 0 aliphatic carbocycles. The lowest BCUT2D eigenvalue weighted by Crippen LogP contribution is -2.29. The second-order valence-corrected chi connectivity index (χ2v) is 7.57. The number of carbonyl (C=O) groups excluding carboxylic acids is 1. The molecule has 0 bridgehead atoms. The van der Waals surface area contributed by atoms with Crippen molar-refractivity contribution in [3.8, 4) is 17.0 Å². The van der Waals surface area contributed by atoms with E-state index in [9.17, 15) is 18.4 Å². The summed E-state index contributed by atoms with van der Waals surface area (Å²) in [5.74, 6) is -0.618. The Bertz CT molecular complexity index is 1290. The molecule has 0 saturated carbocycles. The maximum atomic E-state index is 12.8. The van der Waals surface area contributed by atoms with Crippen LogP contribution in [0.2, 0.25) is 0 Å². The van der Waals surface area contributed by atoms with Gasteiger partial charge in [0.15, 0.2) is 5.13 Å². The molecule has 2 aromatic heterocycles. The van der Waals surface area contributed by atoms with Gasteiger partial charge in [0.25, 0.3) is 11.5 Å². The second-order valence-electron chi connectivity index (χ2n) is 6.71. The normalized spacial score (nSPS) is 10.8. The monoisotopic (exact) mass is 453 g/mol. The summed E-state index contributed by atoms with van der Waals surface area (Å²) < 4.78 is 31.3. The molecule has 1 amide bonds. The zero-order valence-electron chi connectivity index (χ0n) is 16.6. The lowest BCUT2D eigenvalue weighted by Gasteiger charge is -2.09. The van der Waals surface area contributed by atoms with Crippen LogP contribution < -0.4 is 15.6 Å². The predicted octanol–water partition coefficient (Wildman–Crippen LogP) is 4.87. The highest BCUT2D eigenvalue weighted by atomic mass is 32.1. The van der Waals surface area contributed by atoms with Gasteiger partial charge in [-0.15, -0.1) is 11.3 Å². The predicted molar refractivity (Wildman–Crippen MR) is 118 cm³/mol. The van der Waals surface area contributed by atoms with Crippen LogP contribution in [0.5, 0.6) is 5.75 Å². The summed E-state index contributed by atoms with van der Waals surface area (Å²) in [7, 11) is 0. The fourth-order valence-electron chi connectivity index (χ4n) is 3.11. The molecule has 2 aromatic carbocycles. The number of nitrogens with zero attached hydrogens (tertiary/aromatic N) is 2. The molecule has 0 atom stereocenters. The van der Waals surface area contributed by atoms with Gasteiger partial charge in [0.1, 0.15) is 11.3 Å². The number of carbonyl (C=O) groups is 1. The molecule has 4 aromatic rings. The Labute approximate surface area is 185 Å². The number of rotatable bonds is 7. The summed E-state index contributed by atoms with van der Waals surface area (Å²) in [4.78, 5) is 29.8. The molecule has 0 spiro atoms. The first-order valence-electron chi connectivity index (χ1n) is 9.56. The third-order valence-corrected chi connectivity index (χ3v) is 5.32. The zero-order valence-corrected chi connectivity index (χ0v) is 17.4. The van der Waals surface area contributed by atoms with Gasteiger partial charge in [0.05, 0.1) is 12.2 Å². The number of halogens is 2. The van der Waals surface area contributed by atoms with Crippen LogP contribution in [0.3, 0.4) is 0 Å². The number of pyridine rings is 1. The van der Waals surface area contributed by atoms with E-state index in [1.807, 2.05) is 30.3 Å². The summed E-state index contributed by atoms with van der Waals surface area (Å²) in [6.45, 7) is -2.63. The van der Waals surface area contributed by atoms with Gasteiger partial charge >= 0.3 is 6.61 Å². The molecule has 0 aliphatic rings. The molecular weight excluding hydrogens is 436 g/mol. The van der Waals surface area contributed by atoms with Gasteiger partial charge in [-0.25, -0.2) is 4.98 Å². The third kappa shape index (κ3) is 4.89. The van der Waals surface area contributed by atoms with Gasteiger partial charge in [-0.3, -0.25) is 14.9 Å². The quantitative estimate of drug-likeness (QED) is 0.433. The van der Waals surface area contributed by atoms with Crippen LogP contribution >= 0.6 is 11.3 Å². The lowest BCUT2D eigenvalue weighted by atomic mass is 10.1. The maximum Gasteiger partial charge on any atom is 0.387 e. The van der Waals surface area contributed by atoms with Crippen LogP contribution in [0, 0.1) is 0 Å². The molecule has 6 nitrogen and oxygen atoms in total. The number of hydrogen-bond donors (Lipinski definition) is 1.